The fourth-order valence-electron chi connectivity index (χ4n) is 1.70. The third kappa shape index (κ3) is 2.17. The maximum Gasteiger partial charge on any atom is 0.248 e. The SMILES string of the molecule is O=C([O-])CS(=O)C1C(=O)Nc2ccccc2C1=O. The Morgan fingerprint density at radius 2 is 2.00 bits per heavy atom. The average molecular weight is 266 g/mol. The lowest BCUT2D eigenvalue weighted by Crippen LogP contribution is -2.45. The minimum atomic E-state index is -2.13. The second-order valence-corrected chi connectivity index (χ2v) is 5.20. The molecule has 2 unspecified atom stereocenters. The van der Waals surface area contributed by atoms with Crippen LogP contribution in [0.2, 0.25) is 0 Å². The summed E-state index contributed by atoms with van der Waals surface area (Å²) in [5, 5.41) is 11.3. The molecule has 1 aliphatic heterocycles. The zero-order valence-electron chi connectivity index (χ0n) is 9.04. The van der Waals surface area contributed by atoms with E-state index in [-0.39, 0.29) is 5.56 Å². The fourth-order valence-corrected chi connectivity index (χ4v) is 2.77. The van der Waals surface area contributed by atoms with Gasteiger partial charge in [0.2, 0.25) is 5.91 Å². The van der Waals surface area contributed by atoms with Gasteiger partial charge in [-0.05, 0) is 12.1 Å². The van der Waals surface area contributed by atoms with Crippen molar-refractivity contribution in [1.29, 1.82) is 0 Å². The monoisotopic (exact) mass is 266 g/mol. The second kappa shape index (κ2) is 4.69. The van der Waals surface area contributed by atoms with Gasteiger partial charge >= 0.3 is 0 Å². The van der Waals surface area contributed by atoms with Crippen LogP contribution in [0, 0.1) is 0 Å². The largest absolute Gasteiger partial charge is 0.549 e. The number of hydrogen-bond donors (Lipinski definition) is 1. The lowest BCUT2D eigenvalue weighted by Gasteiger charge is -2.22. The van der Waals surface area contributed by atoms with E-state index in [0.717, 1.165) is 0 Å². The summed E-state index contributed by atoms with van der Waals surface area (Å²) >= 11 is 0. The number of ketones is 1. The zero-order chi connectivity index (χ0) is 13.3. The first kappa shape index (κ1) is 12.4. The lowest BCUT2D eigenvalue weighted by molar-refractivity contribution is -0.301. The normalized spacial score (nSPS) is 19.9. The van der Waals surface area contributed by atoms with Gasteiger partial charge in [-0.15, -0.1) is 0 Å². The summed E-state index contributed by atoms with van der Waals surface area (Å²) in [5.41, 5.74) is 0.572. The Labute approximate surface area is 104 Å². The number of para-hydroxylation sites is 1. The molecule has 0 aliphatic carbocycles. The number of carboxylic acid groups (broad SMARTS) is 1. The molecule has 94 valence electrons. The highest BCUT2D eigenvalue weighted by Crippen LogP contribution is 2.24. The molecule has 6 nitrogen and oxygen atoms in total. The average Bonchev–Trinajstić information content (AvgIpc) is 2.27. The number of Topliss-reactive ketones (excluding diaryl/α,β-unsaturated/α-hetero) is 1. The molecule has 0 radical (unpaired) electrons. The molecule has 1 aromatic carbocycles. The lowest BCUT2D eigenvalue weighted by atomic mass is 10.0. The number of benzene rings is 1. The van der Waals surface area contributed by atoms with Gasteiger partial charge in [0.15, 0.2) is 11.0 Å². The van der Waals surface area contributed by atoms with Gasteiger partial charge in [0, 0.05) is 16.4 Å². The molecule has 7 heteroatoms. The third-order valence-corrected chi connectivity index (χ3v) is 3.92. The van der Waals surface area contributed by atoms with Crippen molar-refractivity contribution in [3.63, 3.8) is 0 Å². The molecule has 0 fully saturated rings. The number of nitrogens with one attached hydrogen (secondary N) is 1. The number of carbonyl (C=O) groups is 3. The highest BCUT2D eigenvalue weighted by Gasteiger charge is 2.38. The van der Waals surface area contributed by atoms with Gasteiger partial charge in [-0.25, -0.2) is 0 Å². The predicted molar refractivity (Wildman–Crippen MR) is 61.2 cm³/mol. The van der Waals surface area contributed by atoms with Crippen LogP contribution < -0.4 is 10.4 Å². The van der Waals surface area contributed by atoms with Crippen molar-refractivity contribution < 1.29 is 23.7 Å². The van der Waals surface area contributed by atoms with Crippen LogP contribution in [0.5, 0.6) is 0 Å². The Balaban J connectivity index is 2.35. The summed E-state index contributed by atoms with van der Waals surface area (Å²) in [4.78, 5) is 34.0. The minimum Gasteiger partial charge on any atom is -0.549 e. The third-order valence-electron chi connectivity index (χ3n) is 2.45. The van der Waals surface area contributed by atoms with Crippen LogP contribution in [-0.4, -0.2) is 32.9 Å². The van der Waals surface area contributed by atoms with Crippen LogP contribution in [0.1, 0.15) is 10.4 Å². The van der Waals surface area contributed by atoms with E-state index in [1.165, 1.54) is 6.07 Å². The zero-order valence-corrected chi connectivity index (χ0v) is 9.86. The van der Waals surface area contributed by atoms with Crippen LogP contribution in [0.15, 0.2) is 24.3 Å². The number of rotatable bonds is 3. The Morgan fingerprint density at radius 3 is 2.67 bits per heavy atom. The molecule has 1 aliphatic rings. The number of carbonyl (C=O) groups excluding carboxylic acids is 3. The van der Waals surface area contributed by atoms with Crippen molar-refractivity contribution in [1.82, 2.24) is 0 Å². The first-order valence-corrected chi connectivity index (χ1v) is 6.40. The Hall–Kier alpha value is -2.02. The molecule has 2 atom stereocenters. The number of hydrogen-bond acceptors (Lipinski definition) is 5. The summed E-state index contributed by atoms with van der Waals surface area (Å²) < 4.78 is 11.6. The standard InChI is InChI=1S/C11H9NO5S/c13-8(14)5-18(17)10-9(15)6-3-1-2-4-7(6)12-11(10)16/h1-4,10H,5H2,(H,12,16)(H,13,14)/p-1. The van der Waals surface area contributed by atoms with Crippen LogP contribution in [0.4, 0.5) is 5.69 Å². The van der Waals surface area contributed by atoms with Gasteiger partial charge < -0.3 is 15.2 Å². The highest BCUT2D eigenvalue weighted by atomic mass is 32.2. The van der Waals surface area contributed by atoms with Crippen molar-refractivity contribution in [2.24, 2.45) is 0 Å². The van der Waals surface area contributed by atoms with Gasteiger partial charge in [0.1, 0.15) is 0 Å². The summed E-state index contributed by atoms with van der Waals surface area (Å²) in [6.45, 7) is 0. The minimum absolute atomic E-state index is 0.230. The van der Waals surface area contributed by atoms with Crippen LogP contribution in [0.3, 0.4) is 0 Å². The van der Waals surface area contributed by atoms with E-state index in [2.05, 4.69) is 5.32 Å². The highest BCUT2D eigenvalue weighted by molar-refractivity contribution is 7.88. The Kier molecular flexibility index (Phi) is 3.24. The molecule has 0 spiro atoms. The molecule has 1 aromatic rings. The predicted octanol–water partition coefficient (Wildman–Crippen LogP) is -1.31. The first-order valence-electron chi connectivity index (χ1n) is 5.02. The Bertz CT molecular complexity index is 568. The number of anilines is 1. The Morgan fingerprint density at radius 1 is 1.33 bits per heavy atom. The molecular weight excluding hydrogens is 258 g/mol. The number of aliphatic carboxylic acids is 1. The fraction of sp³-hybridized carbons (Fsp3) is 0.182. The molecule has 2 rings (SSSR count). The molecule has 0 bridgehead atoms. The van der Waals surface area contributed by atoms with E-state index in [1.54, 1.807) is 18.2 Å². The number of fused-ring (bicyclic) bond motifs is 1. The summed E-state index contributed by atoms with van der Waals surface area (Å²) in [6, 6.07) is 6.28. The van der Waals surface area contributed by atoms with E-state index in [0.29, 0.717) is 5.69 Å². The van der Waals surface area contributed by atoms with Crippen molar-refractivity contribution >= 4 is 34.1 Å². The van der Waals surface area contributed by atoms with Crippen molar-refractivity contribution in [3.05, 3.63) is 29.8 Å². The summed E-state index contributed by atoms with van der Waals surface area (Å²) in [6.07, 6.45) is 0. The van der Waals surface area contributed by atoms with Gasteiger partial charge in [-0.1, -0.05) is 12.1 Å². The first-order chi connectivity index (χ1) is 8.50. The van der Waals surface area contributed by atoms with Crippen LogP contribution in [-0.2, 0) is 20.4 Å². The summed E-state index contributed by atoms with van der Waals surface area (Å²) in [5.74, 6) is -3.79. The van der Waals surface area contributed by atoms with Gasteiger partial charge in [-0.3, -0.25) is 13.8 Å². The van der Waals surface area contributed by atoms with Crippen molar-refractivity contribution in [2.75, 3.05) is 11.1 Å². The summed E-state index contributed by atoms with van der Waals surface area (Å²) in [7, 11) is -2.13. The maximum atomic E-state index is 12.0. The molecule has 1 amide bonds. The second-order valence-electron chi connectivity index (χ2n) is 3.68. The maximum absolute atomic E-state index is 12.0. The molecular formula is C11H8NO5S-. The molecule has 18 heavy (non-hydrogen) atoms. The van der Waals surface area contributed by atoms with E-state index < -0.39 is 39.5 Å². The van der Waals surface area contributed by atoms with Crippen molar-refractivity contribution in [2.45, 2.75) is 5.25 Å². The van der Waals surface area contributed by atoms with Crippen LogP contribution in [0.25, 0.3) is 0 Å². The molecule has 0 saturated carbocycles. The smallest absolute Gasteiger partial charge is 0.248 e. The van der Waals surface area contributed by atoms with E-state index in [4.69, 9.17) is 0 Å². The van der Waals surface area contributed by atoms with Gasteiger partial charge in [0.05, 0.1) is 17.4 Å². The quantitative estimate of drug-likeness (QED) is 0.684. The molecule has 1 N–H and O–H groups in total. The van der Waals surface area contributed by atoms with Gasteiger partial charge in [0.25, 0.3) is 0 Å². The molecule has 0 saturated heterocycles. The van der Waals surface area contributed by atoms with E-state index in [9.17, 15) is 23.7 Å². The van der Waals surface area contributed by atoms with Gasteiger partial charge in [-0.2, -0.15) is 0 Å². The molecule has 1 heterocycles. The van der Waals surface area contributed by atoms with Crippen LogP contribution >= 0.6 is 0 Å². The number of carboxylic acids is 1. The van der Waals surface area contributed by atoms with E-state index in [1.807, 2.05) is 0 Å². The van der Waals surface area contributed by atoms with Crippen molar-refractivity contribution in [3.8, 4) is 0 Å². The topological polar surface area (TPSA) is 103 Å². The van der Waals surface area contributed by atoms with E-state index >= 15 is 0 Å². The molecule has 0 aromatic heterocycles. The number of amides is 1.